The summed E-state index contributed by atoms with van der Waals surface area (Å²) in [4.78, 5) is 2.42. The van der Waals surface area contributed by atoms with Crippen molar-refractivity contribution in [2.45, 2.75) is 0 Å². The Morgan fingerprint density at radius 1 is 0.368 bits per heavy atom. The first-order valence-corrected chi connectivity index (χ1v) is 13.0. The van der Waals surface area contributed by atoms with Crippen LogP contribution in [-0.4, -0.2) is 0 Å². The summed E-state index contributed by atoms with van der Waals surface area (Å²) in [6.07, 6.45) is 0. The molecule has 8 aromatic rings. The molecule has 0 aliphatic rings. The fourth-order valence-corrected chi connectivity index (χ4v) is 5.95. The van der Waals surface area contributed by atoms with Gasteiger partial charge in [0, 0.05) is 33.0 Å². The maximum Gasteiger partial charge on any atom is 0.138 e. The number of hydrogen-bond acceptors (Lipinski definition) is 2. The number of nitrogens with zero attached hydrogens (tertiary/aromatic N) is 1. The van der Waals surface area contributed by atoms with E-state index >= 15 is 0 Å². The average molecular weight is 486 g/mol. The van der Waals surface area contributed by atoms with Gasteiger partial charge >= 0.3 is 0 Å². The van der Waals surface area contributed by atoms with E-state index in [2.05, 4.69) is 138 Å². The smallest absolute Gasteiger partial charge is 0.138 e. The zero-order chi connectivity index (χ0) is 25.1. The molecule has 0 unspecified atom stereocenters. The van der Waals surface area contributed by atoms with Gasteiger partial charge in [-0.25, -0.2) is 0 Å². The maximum atomic E-state index is 6.47. The minimum absolute atomic E-state index is 0.894. The highest BCUT2D eigenvalue weighted by Crippen LogP contribution is 2.47. The summed E-state index contributed by atoms with van der Waals surface area (Å²) in [6, 6.07) is 49.6. The monoisotopic (exact) mass is 485 g/mol. The van der Waals surface area contributed by atoms with Crippen LogP contribution in [0.15, 0.2) is 144 Å². The van der Waals surface area contributed by atoms with Crippen molar-refractivity contribution in [3.8, 4) is 0 Å². The summed E-state index contributed by atoms with van der Waals surface area (Å²) >= 11 is 0. The lowest BCUT2D eigenvalue weighted by Gasteiger charge is -2.29. The molecule has 2 nitrogen and oxygen atoms in total. The van der Waals surface area contributed by atoms with Crippen LogP contribution in [0.5, 0.6) is 0 Å². The Hall–Kier alpha value is -5.08. The Morgan fingerprint density at radius 2 is 0.868 bits per heavy atom. The average Bonchev–Trinajstić information content (AvgIpc) is 3.36. The zero-order valence-corrected chi connectivity index (χ0v) is 20.6. The van der Waals surface area contributed by atoms with Gasteiger partial charge < -0.3 is 9.32 Å². The third kappa shape index (κ3) is 3.07. The molecule has 0 saturated carbocycles. The molecule has 0 bridgehead atoms. The van der Waals surface area contributed by atoms with Gasteiger partial charge in [-0.1, -0.05) is 115 Å². The van der Waals surface area contributed by atoms with Crippen molar-refractivity contribution in [2.75, 3.05) is 4.90 Å². The van der Waals surface area contributed by atoms with Crippen LogP contribution in [0.25, 0.3) is 54.3 Å². The van der Waals surface area contributed by atoms with E-state index in [0.29, 0.717) is 0 Å². The van der Waals surface area contributed by atoms with E-state index in [-0.39, 0.29) is 0 Å². The first kappa shape index (κ1) is 21.0. The Labute approximate surface area is 220 Å². The van der Waals surface area contributed by atoms with E-state index in [1.165, 1.54) is 32.3 Å². The molecule has 0 saturated heterocycles. The zero-order valence-electron chi connectivity index (χ0n) is 20.6. The molecule has 0 spiro atoms. The van der Waals surface area contributed by atoms with Crippen molar-refractivity contribution >= 4 is 71.3 Å². The van der Waals surface area contributed by atoms with Crippen LogP contribution >= 0.6 is 0 Å². The predicted octanol–water partition coefficient (Wildman–Crippen LogP) is 10.5. The van der Waals surface area contributed by atoms with E-state index in [0.717, 1.165) is 39.0 Å². The van der Waals surface area contributed by atoms with Crippen molar-refractivity contribution in [2.24, 2.45) is 0 Å². The maximum absolute atomic E-state index is 6.47. The van der Waals surface area contributed by atoms with E-state index in [9.17, 15) is 0 Å². The lowest BCUT2D eigenvalue weighted by atomic mass is 9.99. The molecule has 178 valence electrons. The lowest BCUT2D eigenvalue weighted by Crippen LogP contribution is -2.11. The minimum atomic E-state index is 0.894. The Morgan fingerprint density at radius 3 is 1.53 bits per heavy atom. The van der Waals surface area contributed by atoms with Crippen molar-refractivity contribution < 1.29 is 4.42 Å². The molecule has 0 amide bonds. The number of anilines is 3. The fourth-order valence-electron chi connectivity index (χ4n) is 5.95. The highest BCUT2D eigenvalue weighted by atomic mass is 16.3. The van der Waals surface area contributed by atoms with Gasteiger partial charge in [0.2, 0.25) is 0 Å². The summed E-state index contributed by atoms with van der Waals surface area (Å²) in [5.74, 6) is 0. The predicted molar refractivity (Wildman–Crippen MR) is 161 cm³/mol. The summed E-state index contributed by atoms with van der Waals surface area (Å²) in [7, 11) is 0. The van der Waals surface area contributed by atoms with Gasteiger partial charge in [-0.05, 0) is 34.4 Å². The van der Waals surface area contributed by atoms with Gasteiger partial charge in [0.05, 0.1) is 17.1 Å². The van der Waals surface area contributed by atoms with Gasteiger partial charge in [-0.15, -0.1) is 0 Å². The second kappa shape index (κ2) is 8.22. The molecule has 0 N–H and O–H groups in total. The van der Waals surface area contributed by atoms with E-state index in [1.54, 1.807) is 0 Å². The highest BCUT2D eigenvalue weighted by Gasteiger charge is 2.22. The van der Waals surface area contributed by atoms with Crippen molar-refractivity contribution in [3.05, 3.63) is 140 Å². The lowest BCUT2D eigenvalue weighted by molar-refractivity contribution is 0.669. The van der Waals surface area contributed by atoms with E-state index in [4.69, 9.17) is 4.42 Å². The fraction of sp³-hybridized carbons (Fsp3) is 0. The Balaban J connectivity index is 1.55. The van der Waals surface area contributed by atoms with Crippen molar-refractivity contribution in [1.29, 1.82) is 0 Å². The third-order valence-electron chi connectivity index (χ3n) is 7.62. The van der Waals surface area contributed by atoms with Gasteiger partial charge in [0.15, 0.2) is 0 Å². The second-order valence-electron chi connectivity index (χ2n) is 9.74. The van der Waals surface area contributed by atoms with Crippen LogP contribution in [0, 0.1) is 0 Å². The van der Waals surface area contributed by atoms with Crippen LogP contribution in [0.2, 0.25) is 0 Å². The Kier molecular flexibility index (Phi) is 4.55. The van der Waals surface area contributed by atoms with Crippen molar-refractivity contribution in [1.82, 2.24) is 0 Å². The number of hydrogen-bond donors (Lipinski definition) is 0. The number of fused-ring (bicyclic) bond motifs is 7. The van der Waals surface area contributed by atoms with Crippen LogP contribution < -0.4 is 4.90 Å². The standard InChI is InChI=1S/C36H23NO/c1-3-15-26-24(11-1)13-9-20-31(26)37(32-21-10-14-25-12-2-4-16-27(25)32)33-23-35-36(29-18-6-5-17-28(29)33)30-19-7-8-22-34(30)38-35/h1-23H. The molecule has 0 atom stereocenters. The third-order valence-corrected chi connectivity index (χ3v) is 7.62. The van der Waals surface area contributed by atoms with Crippen LogP contribution in [0.4, 0.5) is 17.1 Å². The van der Waals surface area contributed by atoms with Crippen LogP contribution in [-0.2, 0) is 0 Å². The molecule has 1 aromatic heterocycles. The first-order valence-electron chi connectivity index (χ1n) is 13.0. The summed E-state index contributed by atoms with van der Waals surface area (Å²) < 4.78 is 6.47. The van der Waals surface area contributed by atoms with Gasteiger partial charge in [0.1, 0.15) is 11.2 Å². The van der Waals surface area contributed by atoms with Gasteiger partial charge in [-0.3, -0.25) is 0 Å². The molecule has 0 fully saturated rings. The quantitative estimate of drug-likeness (QED) is 0.247. The van der Waals surface area contributed by atoms with Crippen LogP contribution in [0.1, 0.15) is 0 Å². The number of furan rings is 1. The molecule has 38 heavy (non-hydrogen) atoms. The largest absolute Gasteiger partial charge is 0.456 e. The molecular formula is C36H23NO. The molecule has 0 radical (unpaired) electrons. The molecule has 1 heterocycles. The van der Waals surface area contributed by atoms with Crippen LogP contribution in [0.3, 0.4) is 0 Å². The van der Waals surface area contributed by atoms with E-state index < -0.39 is 0 Å². The number of para-hydroxylation sites is 1. The molecule has 7 aromatic carbocycles. The SMILES string of the molecule is c1ccc2c(N(c3cccc4ccccc34)c3cc4oc5ccccc5c4c4ccccc34)cccc2c1. The number of benzene rings is 7. The molecule has 8 rings (SSSR count). The summed E-state index contributed by atoms with van der Waals surface area (Å²) in [6.45, 7) is 0. The second-order valence-corrected chi connectivity index (χ2v) is 9.74. The van der Waals surface area contributed by atoms with Gasteiger partial charge in [0.25, 0.3) is 0 Å². The topological polar surface area (TPSA) is 16.4 Å². The first-order chi connectivity index (χ1) is 18.9. The molecule has 0 aliphatic carbocycles. The van der Waals surface area contributed by atoms with Gasteiger partial charge in [-0.2, -0.15) is 0 Å². The highest BCUT2D eigenvalue weighted by molar-refractivity contribution is 6.23. The summed E-state index contributed by atoms with van der Waals surface area (Å²) in [5, 5.41) is 9.52. The molecule has 0 aliphatic heterocycles. The van der Waals surface area contributed by atoms with Crippen molar-refractivity contribution in [3.63, 3.8) is 0 Å². The molecule has 2 heteroatoms. The molecular weight excluding hydrogens is 462 g/mol. The minimum Gasteiger partial charge on any atom is -0.456 e. The normalized spacial score (nSPS) is 11.7. The number of rotatable bonds is 3. The van der Waals surface area contributed by atoms with E-state index in [1.807, 2.05) is 6.07 Å². The Bertz CT molecular complexity index is 2060. The summed E-state index contributed by atoms with van der Waals surface area (Å²) in [5.41, 5.74) is 5.18.